The lowest BCUT2D eigenvalue weighted by molar-refractivity contribution is -0.227. The molecule has 262 valence electrons. The number of hydrogen-bond acceptors (Lipinski definition) is 6. The molecular weight excluding hydrogens is 740 g/mol. The number of ether oxygens (including phenoxy) is 2. The molecule has 6 atom stereocenters. The molecule has 0 aliphatic carbocycles. The van der Waals surface area contributed by atoms with Gasteiger partial charge in [0, 0.05) is 0 Å². The maximum atomic E-state index is 13.7. The van der Waals surface area contributed by atoms with E-state index < -0.39 is 67.5 Å². The zero-order valence-electron chi connectivity index (χ0n) is 31.3. The molecular formula is C36H63IO6Si3. The highest BCUT2D eigenvalue weighted by Gasteiger charge is 2.57. The summed E-state index contributed by atoms with van der Waals surface area (Å²) < 4.78 is 37.5. The first-order valence-corrected chi connectivity index (χ1v) is 26.6. The van der Waals surface area contributed by atoms with Gasteiger partial charge in [0.25, 0.3) is 0 Å². The summed E-state index contributed by atoms with van der Waals surface area (Å²) in [6.45, 7) is 37.7. The molecule has 1 aliphatic heterocycles. The summed E-state index contributed by atoms with van der Waals surface area (Å²) in [6, 6.07) is 9.13. The topological polar surface area (TPSA) is 63.2 Å². The molecule has 0 radical (unpaired) electrons. The van der Waals surface area contributed by atoms with E-state index in [0.29, 0.717) is 12.0 Å². The Kier molecular flexibility index (Phi) is 14.0. The van der Waals surface area contributed by atoms with Gasteiger partial charge in [-0.2, -0.15) is 0 Å². The lowest BCUT2D eigenvalue weighted by Crippen LogP contribution is -2.68. The van der Waals surface area contributed by atoms with Crippen molar-refractivity contribution in [3.05, 3.63) is 58.7 Å². The van der Waals surface area contributed by atoms with Gasteiger partial charge in [0.05, 0.1) is 11.7 Å². The van der Waals surface area contributed by atoms with E-state index >= 15 is 0 Å². The molecule has 4 unspecified atom stereocenters. The molecule has 1 aromatic rings. The quantitative estimate of drug-likeness (QED) is 0.0908. The highest BCUT2D eigenvalue weighted by atomic mass is 127. The molecule has 0 amide bonds. The van der Waals surface area contributed by atoms with Crippen LogP contribution >= 0.6 is 22.6 Å². The SMILES string of the molecule is C=CC[C@@H]1O[C@@H](C(/C=C/I)O[Si](C)(C)C(C)(C)C)C(O[Si](C)(C)C(C)(C)C)C(O[Si](C)(C)C(C)(C)C)C1OC(=O)c1ccccc1. The van der Waals surface area contributed by atoms with Crippen molar-refractivity contribution in [2.75, 3.05) is 0 Å². The predicted molar refractivity (Wildman–Crippen MR) is 208 cm³/mol. The number of esters is 1. The van der Waals surface area contributed by atoms with Crippen molar-refractivity contribution >= 4 is 53.5 Å². The van der Waals surface area contributed by atoms with Crippen molar-refractivity contribution in [1.82, 2.24) is 0 Å². The first kappa shape index (κ1) is 41.6. The van der Waals surface area contributed by atoms with Crippen LogP contribution in [0.3, 0.4) is 0 Å². The van der Waals surface area contributed by atoms with Crippen molar-refractivity contribution in [1.29, 1.82) is 0 Å². The monoisotopic (exact) mass is 802 g/mol. The molecule has 1 aromatic carbocycles. The van der Waals surface area contributed by atoms with Crippen molar-refractivity contribution < 1.29 is 27.5 Å². The third-order valence-corrected chi connectivity index (χ3v) is 24.5. The van der Waals surface area contributed by atoms with Gasteiger partial charge >= 0.3 is 5.97 Å². The van der Waals surface area contributed by atoms with Crippen LogP contribution in [-0.4, -0.2) is 67.5 Å². The van der Waals surface area contributed by atoms with E-state index in [1.54, 1.807) is 12.1 Å². The van der Waals surface area contributed by atoms with Gasteiger partial charge in [-0.15, -0.1) is 6.58 Å². The van der Waals surface area contributed by atoms with Gasteiger partial charge in [0.1, 0.15) is 24.4 Å². The zero-order chi connectivity index (χ0) is 35.5. The lowest BCUT2D eigenvalue weighted by Gasteiger charge is -2.54. The normalized spacial score (nSPS) is 24.6. The van der Waals surface area contributed by atoms with Gasteiger partial charge in [-0.25, -0.2) is 4.79 Å². The van der Waals surface area contributed by atoms with E-state index in [0.717, 1.165) is 0 Å². The lowest BCUT2D eigenvalue weighted by atomic mass is 9.90. The minimum absolute atomic E-state index is 0.0138. The summed E-state index contributed by atoms with van der Waals surface area (Å²) in [5, 5.41) is -0.189. The summed E-state index contributed by atoms with van der Waals surface area (Å²) in [4.78, 5) is 13.7. The highest BCUT2D eigenvalue weighted by molar-refractivity contribution is 14.1. The van der Waals surface area contributed by atoms with Gasteiger partial charge in [-0.05, 0) is 83.1 Å². The molecule has 1 fully saturated rings. The minimum atomic E-state index is -2.43. The standard InChI is InChI=1S/C36H63IO6Si3/c1-17-21-27-29(40-33(38)26-22-19-18-20-23-26)31(42-45(13,14)35(5,6)7)32(43-46(15,16)36(8,9)10)30(39-27)28(24-25-37)41-44(11,12)34(2,3)4/h17-20,22-25,27-32H,1,21H2,2-16H3/b25-24+/t27-,28?,29?,30-,31?,32?/m0/s1. The van der Waals surface area contributed by atoms with Crippen molar-refractivity contribution in [2.45, 2.75) is 160 Å². The maximum Gasteiger partial charge on any atom is 0.338 e. The second kappa shape index (κ2) is 15.5. The highest BCUT2D eigenvalue weighted by Crippen LogP contribution is 2.46. The Morgan fingerprint density at radius 2 is 1.30 bits per heavy atom. The fourth-order valence-electron chi connectivity index (χ4n) is 4.58. The number of rotatable bonds is 12. The second-order valence-electron chi connectivity index (χ2n) is 17.2. The third kappa shape index (κ3) is 10.2. The minimum Gasteiger partial charge on any atom is -0.453 e. The molecule has 0 aromatic heterocycles. The number of hydrogen-bond donors (Lipinski definition) is 0. The van der Waals surface area contributed by atoms with Gasteiger partial charge < -0.3 is 22.8 Å². The fraction of sp³-hybridized carbons (Fsp3) is 0.694. The molecule has 0 saturated carbocycles. The van der Waals surface area contributed by atoms with E-state index in [-0.39, 0.29) is 15.1 Å². The van der Waals surface area contributed by atoms with Crippen LogP contribution in [0, 0.1) is 0 Å². The summed E-state index contributed by atoms with van der Waals surface area (Å²) in [7, 11) is -7.10. The summed E-state index contributed by atoms with van der Waals surface area (Å²) in [5.41, 5.74) is 0.488. The molecule has 10 heteroatoms. The first-order valence-electron chi connectivity index (χ1n) is 16.6. The Hall–Kier alpha value is -0.609. The Bertz CT molecular complexity index is 1180. The molecule has 6 nitrogen and oxygen atoms in total. The van der Waals surface area contributed by atoms with Crippen LogP contribution in [0.2, 0.25) is 54.4 Å². The average molecular weight is 803 g/mol. The molecule has 0 bridgehead atoms. The largest absolute Gasteiger partial charge is 0.453 e. The second-order valence-corrected chi connectivity index (χ2v) is 32.2. The zero-order valence-corrected chi connectivity index (χ0v) is 36.5. The molecule has 0 spiro atoms. The maximum absolute atomic E-state index is 13.7. The Balaban J connectivity index is 2.88. The number of carbonyl (C=O) groups is 1. The van der Waals surface area contributed by atoms with Gasteiger partial charge in [0.15, 0.2) is 31.1 Å². The van der Waals surface area contributed by atoms with Gasteiger partial charge in [-0.1, -0.05) is 109 Å². The Labute approximate surface area is 297 Å². The van der Waals surface area contributed by atoms with E-state index in [4.69, 9.17) is 22.8 Å². The number of carbonyl (C=O) groups excluding carboxylic acids is 1. The van der Waals surface area contributed by atoms with Crippen LogP contribution < -0.4 is 0 Å². The van der Waals surface area contributed by atoms with Crippen molar-refractivity contribution in [3.63, 3.8) is 0 Å². The van der Waals surface area contributed by atoms with E-state index in [2.05, 4.69) is 137 Å². The van der Waals surface area contributed by atoms with Gasteiger partial charge in [0.2, 0.25) is 0 Å². The number of halogens is 1. The first-order chi connectivity index (χ1) is 20.8. The molecule has 2 rings (SSSR count). The molecule has 1 saturated heterocycles. The van der Waals surface area contributed by atoms with Crippen molar-refractivity contribution in [2.24, 2.45) is 0 Å². The van der Waals surface area contributed by atoms with E-state index in [1.165, 1.54) is 0 Å². The summed E-state index contributed by atoms with van der Waals surface area (Å²) >= 11 is 2.26. The third-order valence-electron chi connectivity index (χ3n) is 10.6. The van der Waals surface area contributed by atoms with Crippen LogP contribution in [-0.2, 0) is 22.8 Å². The predicted octanol–water partition coefficient (Wildman–Crippen LogP) is 10.7. The van der Waals surface area contributed by atoms with Crippen LogP contribution in [0.4, 0.5) is 0 Å². The van der Waals surface area contributed by atoms with E-state index in [1.807, 2.05) is 28.4 Å². The molecule has 46 heavy (non-hydrogen) atoms. The summed E-state index contributed by atoms with van der Waals surface area (Å²) in [6.07, 6.45) is 1.16. The molecule has 1 heterocycles. The summed E-state index contributed by atoms with van der Waals surface area (Å²) in [5.74, 6) is -0.405. The number of benzene rings is 1. The van der Waals surface area contributed by atoms with Crippen LogP contribution in [0.15, 0.2) is 53.1 Å². The van der Waals surface area contributed by atoms with Crippen LogP contribution in [0.5, 0.6) is 0 Å². The van der Waals surface area contributed by atoms with Crippen molar-refractivity contribution in [3.8, 4) is 0 Å². The average Bonchev–Trinajstić information content (AvgIpc) is 2.89. The fourth-order valence-corrected chi connectivity index (χ4v) is 8.84. The van der Waals surface area contributed by atoms with Gasteiger partial charge in [-0.3, -0.25) is 0 Å². The Morgan fingerprint density at radius 3 is 1.74 bits per heavy atom. The molecule has 1 aliphatic rings. The van der Waals surface area contributed by atoms with Crippen LogP contribution in [0.25, 0.3) is 0 Å². The molecule has 0 N–H and O–H groups in total. The van der Waals surface area contributed by atoms with E-state index in [9.17, 15) is 4.79 Å². The smallest absolute Gasteiger partial charge is 0.338 e. The Morgan fingerprint density at radius 1 is 0.826 bits per heavy atom. The van der Waals surface area contributed by atoms with Crippen LogP contribution in [0.1, 0.15) is 79.1 Å².